The number of ether oxygens (including phenoxy) is 1. The van der Waals surface area contributed by atoms with Crippen LogP contribution in [0.5, 0.6) is 0 Å². The summed E-state index contributed by atoms with van der Waals surface area (Å²) in [6, 6.07) is 12.7. The van der Waals surface area contributed by atoms with Crippen molar-refractivity contribution < 1.29 is 18.7 Å². The molecule has 1 aromatic heterocycles. The Labute approximate surface area is 161 Å². The van der Waals surface area contributed by atoms with E-state index in [0.717, 1.165) is 5.56 Å². The van der Waals surface area contributed by atoms with Crippen molar-refractivity contribution in [1.82, 2.24) is 9.97 Å². The normalized spacial score (nSPS) is 10.4. The van der Waals surface area contributed by atoms with Crippen LogP contribution in [0.2, 0.25) is 0 Å². The number of benzene rings is 2. The second kappa shape index (κ2) is 7.96. The van der Waals surface area contributed by atoms with Crippen LogP contribution in [-0.4, -0.2) is 29.0 Å². The number of rotatable bonds is 4. The number of nitrogens with zero attached hydrogens (tertiary/aromatic N) is 2. The molecular weight excluding hydrogens is 361 g/mol. The first-order chi connectivity index (χ1) is 13.4. The third-order valence-electron chi connectivity index (χ3n) is 4.01. The fourth-order valence-electron chi connectivity index (χ4n) is 2.77. The van der Waals surface area contributed by atoms with E-state index in [2.05, 4.69) is 15.3 Å². The summed E-state index contributed by atoms with van der Waals surface area (Å²) >= 11 is 0. The van der Waals surface area contributed by atoms with E-state index in [0.29, 0.717) is 28.5 Å². The fourth-order valence-corrected chi connectivity index (χ4v) is 2.77. The molecule has 6 nitrogen and oxygen atoms in total. The predicted molar refractivity (Wildman–Crippen MR) is 103 cm³/mol. The first-order valence-electron chi connectivity index (χ1n) is 8.49. The third-order valence-corrected chi connectivity index (χ3v) is 4.01. The summed E-state index contributed by atoms with van der Waals surface area (Å²) in [5.41, 5.74) is 3.20. The Hall–Kier alpha value is -3.61. The number of amides is 1. The number of hydrogen-bond donors (Lipinski definition) is 1. The molecule has 0 radical (unpaired) electrons. The lowest BCUT2D eigenvalue weighted by molar-refractivity contribution is -0.114. The molecule has 0 atom stereocenters. The monoisotopic (exact) mass is 379 g/mol. The van der Waals surface area contributed by atoms with Gasteiger partial charge in [0, 0.05) is 18.1 Å². The van der Waals surface area contributed by atoms with Crippen molar-refractivity contribution in [2.45, 2.75) is 13.8 Å². The summed E-state index contributed by atoms with van der Waals surface area (Å²) in [6.45, 7) is 3.11. The number of esters is 1. The lowest BCUT2D eigenvalue weighted by atomic mass is 10.0. The summed E-state index contributed by atoms with van der Waals surface area (Å²) in [5.74, 6) is -0.669. The van der Waals surface area contributed by atoms with Crippen LogP contribution in [0.1, 0.15) is 23.1 Å². The number of carbonyl (C=O) groups is 2. The number of anilines is 1. The van der Waals surface area contributed by atoms with Gasteiger partial charge in [-0.25, -0.2) is 19.2 Å². The number of halogens is 1. The molecule has 0 aliphatic rings. The Kier molecular flexibility index (Phi) is 5.44. The number of carbonyl (C=O) groups excluding carboxylic acids is 2. The maximum absolute atomic E-state index is 13.2. The van der Waals surface area contributed by atoms with E-state index in [1.54, 1.807) is 43.3 Å². The van der Waals surface area contributed by atoms with Crippen LogP contribution in [0.3, 0.4) is 0 Å². The van der Waals surface area contributed by atoms with Crippen molar-refractivity contribution in [3.8, 4) is 22.5 Å². The number of nitrogens with one attached hydrogen (secondary N) is 1. The first kappa shape index (κ1) is 19.2. The van der Waals surface area contributed by atoms with Crippen LogP contribution >= 0.6 is 0 Å². The highest BCUT2D eigenvalue weighted by Crippen LogP contribution is 2.28. The number of aryl methyl sites for hydroxylation is 1. The van der Waals surface area contributed by atoms with E-state index >= 15 is 0 Å². The van der Waals surface area contributed by atoms with Crippen LogP contribution in [0.15, 0.2) is 48.5 Å². The molecule has 1 heterocycles. The topological polar surface area (TPSA) is 81.2 Å². The second-order valence-electron chi connectivity index (χ2n) is 6.13. The zero-order chi connectivity index (χ0) is 20.3. The molecule has 28 heavy (non-hydrogen) atoms. The SMILES string of the molecule is COC(=O)c1cc(-c2cc(-c3ccc(F)cc3)nc(C)n2)ccc1NC(C)=O. The van der Waals surface area contributed by atoms with E-state index < -0.39 is 5.97 Å². The largest absolute Gasteiger partial charge is 0.465 e. The summed E-state index contributed by atoms with van der Waals surface area (Å²) in [6.07, 6.45) is 0. The zero-order valence-corrected chi connectivity index (χ0v) is 15.6. The lowest BCUT2D eigenvalue weighted by Crippen LogP contribution is -2.12. The molecule has 0 aliphatic heterocycles. The molecule has 0 fully saturated rings. The van der Waals surface area contributed by atoms with Gasteiger partial charge in [-0.3, -0.25) is 4.79 Å². The minimum Gasteiger partial charge on any atom is -0.465 e. The van der Waals surface area contributed by atoms with Gasteiger partial charge in [-0.2, -0.15) is 0 Å². The van der Waals surface area contributed by atoms with E-state index in [4.69, 9.17) is 4.74 Å². The Balaban J connectivity index is 2.09. The van der Waals surface area contributed by atoms with E-state index in [-0.39, 0.29) is 17.3 Å². The van der Waals surface area contributed by atoms with Crippen LogP contribution < -0.4 is 5.32 Å². The van der Waals surface area contributed by atoms with Gasteiger partial charge in [0.1, 0.15) is 11.6 Å². The lowest BCUT2D eigenvalue weighted by Gasteiger charge is -2.12. The Morgan fingerprint density at radius 2 is 1.57 bits per heavy atom. The molecular formula is C21H18FN3O3. The van der Waals surface area contributed by atoms with Crippen molar-refractivity contribution in [2.75, 3.05) is 12.4 Å². The summed E-state index contributed by atoms with van der Waals surface area (Å²) in [5, 5.41) is 2.61. The van der Waals surface area contributed by atoms with Crippen molar-refractivity contribution in [3.05, 3.63) is 65.7 Å². The van der Waals surface area contributed by atoms with Crippen molar-refractivity contribution in [3.63, 3.8) is 0 Å². The highest BCUT2D eigenvalue weighted by atomic mass is 19.1. The van der Waals surface area contributed by atoms with Gasteiger partial charge in [-0.05, 0) is 49.4 Å². The van der Waals surface area contributed by atoms with E-state index in [1.807, 2.05) is 0 Å². The van der Waals surface area contributed by atoms with Crippen molar-refractivity contribution in [2.24, 2.45) is 0 Å². The minimum atomic E-state index is -0.574. The Morgan fingerprint density at radius 1 is 0.964 bits per heavy atom. The molecule has 3 aromatic rings. The van der Waals surface area contributed by atoms with Crippen LogP contribution in [0.25, 0.3) is 22.5 Å². The molecule has 142 valence electrons. The maximum Gasteiger partial charge on any atom is 0.339 e. The fraction of sp³-hybridized carbons (Fsp3) is 0.143. The van der Waals surface area contributed by atoms with Crippen molar-refractivity contribution in [1.29, 1.82) is 0 Å². The van der Waals surface area contributed by atoms with E-state index in [9.17, 15) is 14.0 Å². The number of hydrogen-bond acceptors (Lipinski definition) is 5. The Morgan fingerprint density at radius 3 is 2.18 bits per heavy atom. The van der Waals surface area contributed by atoms with Gasteiger partial charge in [-0.15, -0.1) is 0 Å². The van der Waals surface area contributed by atoms with Crippen LogP contribution in [-0.2, 0) is 9.53 Å². The standard InChI is InChI=1S/C21H18FN3O3/c1-12-23-19(14-4-7-16(22)8-5-14)11-20(24-12)15-6-9-18(25-13(2)26)17(10-15)21(27)28-3/h4-11H,1-3H3,(H,25,26). The molecule has 0 bridgehead atoms. The number of methoxy groups -OCH3 is 1. The second-order valence-corrected chi connectivity index (χ2v) is 6.13. The molecule has 1 N–H and O–H groups in total. The molecule has 3 rings (SSSR count). The van der Waals surface area contributed by atoms with Gasteiger partial charge in [-0.1, -0.05) is 6.07 Å². The van der Waals surface area contributed by atoms with Gasteiger partial charge in [0.05, 0.1) is 29.7 Å². The van der Waals surface area contributed by atoms with Gasteiger partial charge < -0.3 is 10.1 Å². The maximum atomic E-state index is 13.2. The van der Waals surface area contributed by atoms with Gasteiger partial charge in [0.2, 0.25) is 5.91 Å². The predicted octanol–water partition coefficient (Wildman–Crippen LogP) is 4.00. The van der Waals surface area contributed by atoms with E-state index in [1.165, 1.54) is 26.2 Å². The van der Waals surface area contributed by atoms with Crippen LogP contribution in [0.4, 0.5) is 10.1 Å². The van der Waals surface area contributed by atoms with Gasteiger partial charge in [0.25, 0.3) is 0 Å². The third kappa shape index (κ3) is 4.20. The molecule has 0 saturated carbocycles. The van der Waals surface area contributed by atoms with Crippen molar-refractivity contribution >= 4 is 17.6 Å². The molecule has 7 heteroatoms. The quantitative estimate of drug-likeness (QED) is 0.693. The van der Waals surface area contributed by atoms with Gasteiger partial charge >= 0.3 is 5.97 Å². The first-order valence-corrected chi connectivity index (χ1v) is 8.49. The number of aromatic nitrogens is 2. The molecule has 0 unspecified atom stereocenters. The highest BCUT2D eigenvalue weighted by molar-refractivity contribution is 6.01. The average Bonchev–Trinajstić information content (AvgIpc) is 2.67. The molecule has 0 aliphatic carbocycles. The minimum absolute atomic E-state index is 0.217. The van der Waals surface area contributed by atoms with Gasteiger partial charge in [0.15, 0.2) is 0 Å². The smallest absolute Gasteiger partial charge is 0.339 e. The zero-order valence-electron chi connectivity index (χ0n) is 15.6. The highest BCUT2D eigenvalue weighted by Gasteiger charge is 2.16. The Bertz CT molecular complexity index is 1050. The summed E-state index contributed by atoms with van der Waals surface area (Å²) < 4.78 is 18.0. The molecule has 0 spiro atoms. The van der Waals surface area contributed by atoms with Crippen LogP contribution in [0, 0.1) is 12.7 Å². The summed E-state index contributed by atoms with van der Waals surface area (Å²) in [7, 11) is 1.27. The molecule has 0 saturated heterocycles. The molecule has 1 amide bonds. The summed E-state index contributed by atoms with van der Waals surface area (Å²) in [4.78, 5) is 32.4. The molecule has 2 aromatic carbocycles. The average molecular weight is 379 g/mol.